The fourth-order valence-corrected chi connectivity index (χ4v) is 0.963. The number of carbonyl (C=O) groups excluding carboxylic acids is 1. The Balaban J connectivity index is 2.98. The van der Waals surface area contributed by atoms with Gasteiger partial charge in [0.05, 0.1) is 0 Å². The van der Waals surface area contributed by atoms with Gasteiger partial charge in [0.15, 0.2) is 0 Å². The van der Waals surface area contributed by atoms with E-state index < -0.39 is 0 Å². The van der Waals surface area contributed by atoms with Gasteiger partial charge in [0, 0.05) is 0 Å². The molecule has 0 spiro atoms. The molecule has 1 rings (SSSR count). The molecule has 45 valence electrons. The molecule has 0 saturated carbocycles. The monoisotopic (exact) mass is 235 g/mol. The molecule has 1 aromatic carbocycles. The van der Waals surface area contributed by atoms with E-state index in [1.807, 2.05) is 30.3 Å². The van der Waals surface area contributed by atoms with E-state index in [1.165, 1.54) is 22.3 Å². The molecule has 0 aliphatic rings. The number of benzene rings is 1. The molecule has 1 nitrogen and oxygen atoms in total. The summed E-state index contributed by atoms with van der Waals surface area (Å²) in [5, 5.41) is 0. The summed E-state index contributed by atoms with van der Waals surface area (Å²) < 4.78 is 0.131. The van der Waals surface area contributed by atoms with Crippen LogP contribution in [0.5, 0.6) is 0 Å². The molecule has 0 saturated heterocycles. The number of hydrogen-bond acceptors (Lipinski definition) is 1. The fourth-order valence-electron chi connectivity index (χ4n) is 0.574. The average molecular weight is 233 g/mol. The van der Waals surface area contributed by atoms with Crippen molar-refractivity contribution in [3.8, 4) is 0 Å². The Kier molecular flexibility index (Phi) is 2.27. The summed E-state index contributed by atoms with van der Waals surface area (Å²) in [5.74, 6) is 0. The molecule has 0 N–H and O–H groups in total. The first kappa shape index (κ1) is 6.79. The number of carbonyl (C=O) groups is 1. The van der Waals surface area contributed by atoms with Crippen LogP contribution in [0.3, 0.4) is 0 Å². The van der Waals surface area contributed by atoms with Crippen molar-refractivity contribution >= 4 is 26.1 Å². The Labute approximate surface area is 67.0 Å². The zero-order chi connectivity index (χ0) is 6.69. The van der Waals surface area contributed by atoms with Crippen LogP contribution in [-0.2, 0) is 0 Å². The molecule has 0 heterocycles. The van der Waals surface area contributed by atoms with E-state index in [0.717, 1.165) is 5.56 Å². The van der Waals surface area contributed by atoms with Gasteiger partial charge in [-0.05, 0) is 0 Å². The minimum atomic E-state index is 0.131. The van der Waals surface area contributed by atoms with Crippen LogP contribution in [-0.4, -0.2) is 26.1 Å². The second-order valence-electron chi connectivity index (χ2n) is 1.65. The van der Waals surface area contributed by atoms with Crippen LogP contribution in [0, 0.1) is 0 Å². The molecular weight excluding hydrogens is 228 g/mol. The van der Waals surface area contributed by atoms with E-state index in [1.54, 1.807) is 0 Å². The predicted molar refractivity (Wildman–Crippen MR) is 36.5 cm³/mol. The first-order valence-electron chi connectivity index (χ1n) is 2.57. The van der Waals surface area contributed by atoms with Crippen molar-refractivity contribution < 1.29 is 4.79 Å². The minimum absolute atomic E-state index is 0.131. The summed E-state index contributed by atoms with van der Waals surface area (Å²) in [7, 11) is 0. The molecule has 0 aromatic heterocycles. The van der Waals surface area contributed by atoms with Gasteiger partial charge in [-0.15, -0.1) is 0 Å². The Morgan fingerprint density at radius 1 is 1.22 bits per heavy atom. The second-order valence-corrected chi connectivity index (χ2v) is 2.71. The summed E-state index contributed by atoms with van der Waals surface area (Å²) in [6.45, 7) is 0. The third-order valence-corrected chi connectivity index (χ3v) is 1.68. The fraction of sp³-hybridized carbons (Fsp3) is 0. The summed E-state index contributed by atoms with van der Waals surface area (Å²) in [4.78, 5) is 10.6. The SMILES string of the molecule is O=C([Te])c1ccccc1. The third-order valence-electron chi connectivity index (χ3n) is 1.01. The molecule has 0 amide bonds. The maximum absolute atomic E-state index is 10.6. The zero-order valence-corrected chi connectivity index (χ0v) is 7.03. The van der Waals surface area contributed by atoms with Gasteiger partial charge >= 0.3 is 66.8 Å². The summed E-state index contributed by atoms with van der Waals surface area (Å²) >= 11 is 1.50. The molecular formula is C7H5OTe. The Bertz CT molecular complexity index is 205. The topological polar surface area (TPSA) is 17.1 Å². The molecule has 1 aromatic rings. The van der Waals surface area contributed by atoms with Gasteiger partial charge in [0.2, 0.25) is 0 Å². The molecule has 9 heavy (non-hydrogen) atoms. The van der Waals surface area contributed by atoms with E-state index in [2.05, 4.69) is 0 Å². The van der Waals surface area contributed by atoms with Gasteiger partial charge in [-0.1, -0.05) is 0 Å². The summed E-state index contributed by atoms with van der Waals surface area (Å²) in [6, 6.07) is 9.24. The van der Waals surface area contributed by atoms with Gasteiger partial charge in [0.1, 0.15) is 0 Å². The van der Waals surface area contributed by atoms with Crippen LogP contribution in [0.15, 0.2) is 30.3 Å². The maximum atomic E-state index is 10.6. The van der Waals surface area contributed by atoms with Crippen molar-refractivity contribution in [2.75, 3.05) is 0 Å². The Morgan fingerprint density at radius 2 is 1.78 bits per heavy atom. The van der Waals surface area contributed by atoms with Gasteiger partial charge in [-0.25, -0.2) is 0 Å². The van der Waals surface area contributed by atoms with Gasteiger partial charge in [-0.2, -0.15) is 0 Å². The van der Waals surface area contributed by atoms with Gasteiger partial charge < -0.3 is 0 Å². The van der Waals surface area contributed by atoms with E-state index in [-0.39, 0.29) is 3.83 Å². The van der Waals surface area contributed by atoms with Crippen LogP contribution < -0.4 is 0 Å². The third kappa shape index (κ3) is 1.82. The Hall–Kier alpha value is -0.320. The van der Waals surface area contributed by atoms with Crippen molar-refractivity contribution in [3.63, 3.8) is 0 Å². The van der Waals surface area contributed by atoms with Crippen molar-refractivity contribution in [2.24, 2.45) is 0 Å². The van der Waals surface area contributed by atoms with Crippen molar-refractivity contribution in [1.82, 2.24) is 0 Å². The molecule has 0 aliphatic heterocycles. The standard InChI is InChI=1S/C7H5OTe/c8-7(9)6-4-2-1-3-5-6/h1-5H. The van der Waals surface area contributed by atoms with Crippen LogP contribution in [0.2, 0.25) is 0 Å². The molecule has 0 fully saturated rings. The van der Waals surface area contributed by atoms with Gasteiger partial charge in [-0.3, -0.25) is 0 Å². The van der Waals surface area contributed by atoms with Crippen LogP contribution in [0.25, 0.3) is 0 Å². The van der Waals surface area contributed by atoms with E-state index in [4.69, 9.17) is 0 Å². The predicted octanol–water partition coefficient (Wildman–Crippen LogP) is 0.995. The Morgan fingerprint density at radius 3 is 2.11 bits per heavy atom. The van der Waals surface area contributed by atoms with Crippen LogP contribution >= 0.6 is 0 Å². The average Bonchev–Trinajstić information content (AvgIpc) is 1.90. The van der Waals surface area contributed by atoms with Crippen molar-refractivity contribution in [3.05, 3.63) is 35.9 Å². The summed E-state index contributed by atoms with van der Waals surface area (Å²) in [5.41, 5.74) is 0.780. The van der Waals surface area contributed by atoms with E-state index in [9.17, 15) is 4.79 Å². The van der Waals surface area contributed by atoms with Gasteiger partial charge in [0.25, 0.3) is 0 Å². The van der Waals surface area contributed by atoms with E-state index >= 15 is 0 Å². The number of hydrogen-bond donors (Lipinski definition) is 0. The molecule has 0 atom stereocenters. The summed E-state index contributed by atoms with van der Waals surface area (Å²) in [6.07, 6.45) is 0. The second kappa shape index (κ2) is 3.00. The normalized spacial score (nSPS) is 8.89. The molecule has 1 radical (unpaired) electrons. The van der Waals surface area contributed by atoms with Crippen molar-refractivity contribution in [2.45, 2.75) is 0 Å². The quantitative estimate of drug-likeness (QED) is 0.661. The zero-order valence-electron chi connectivity index (χ0n) is 4.70. The number of rotatable bonds is 1. The first-order chi connectivity index (χ1) is 4.30. The van der Waals surface area contributed by atoms with Crippen LogP contribution in [0.4, 0.5) is 0 Å². The van der Waals surface area contributed by atoms with Crippen LogP contribution in [0.1, 0.15) is 10.4 Å². The van der Waals surface area contributed by atoms with Crippen molar-refractivity contribution in [1.29, 1.82) is 0 Å². The molecule has 0 bridgehead atoms. The first-order valence-corrected chi connectivity index (χ1v) is 3.73. The molecule has 0 unspecified atom stereocenters. The molecule has 2 heteroatoms. The van der Waals surface area contributed by atoms with E-state index in [0.29, 0.717) is 0 Å². The molecule has 0 aliphatic carbocycles.